The number of hydrogen-bond donors (Lipinski definition) is 3. The van der Waals surface area contributed by atoms with Crippen LogP contribution in [-0.4, -0.2) is 59.4 Å². The summed E-state index contributed by atoms with van der Waals surface area (Å²) in [5.74, 6) is -2.69. The third kappa shape index (κ3) is 6.24. The first kappa shape index (κ1) is 16.9. The quantitative estimate of drug-likeness (QED) is 0.529. The smallest absolute Gasteiger partial charge is 0.308 e. The van der Waals surface area contributed by atoms with Crippen LogP contribution in [0.3, 0.4) is 0 Å². The Morgan fingerprint density at radius 2 is 1.81 bits per heavy atom. The lowest BCUT2D eigenvalue weighted by Crippen LogP contribution is -2.46. The van der Waals surface area contributed by atoms with Gasteiger partial charge in [-0.2, -0.15) is 0 Å². The molecule has 0 aromatic rings. The van der Waals surface area contributed by atoms with E-state index in [4.69, 9.17) is 5.11 Å². The summed E-state index contributed by atoms with van der Waals surface area (Å²) < 4.78 is 0. The van der Waals surface area contributed by atoms with Crippen LogP contribution in [-0.2, 0) is 19.2 Å². The monoisotopic (exact) mass is 299 g/mol. The van der Waals surface area contributed by atoms with Crippen molar-refractivity contribution in [1.29, 1.82) is 0 Å². The number of carbonyl (C=O) groups excluding carboxylic acids is 3. The van der Waals surface area contributed by atoms with Gasteiger partial charge >= 0.3 is 5.97 Å². The van der Waals surface area contributed by atoms with E-state index in [-0.39, 0.29) is 37.5 Å². The second-order valence-corrected chi connectivity index (χ2v) is 5.20. The first-order chi connectivity index (χ1) is 9.81. The van der Waals surface area contributed by atoms with Gasteiger partial charge in [-0.05, 0) is 12.8 Å². The number of nitrogens with one attached hydrogen (secondary N) is 2. The van der Waals surface area contributed by atoms with Gasteiger partial charge in [-0.25, -0.2) is 0 Å². The molecule has 1 fully saturated rings. The minimum Gasteiger partial charge on any atom is -0.481 e. The molecule has 0 saturated heterocycles. The van der Waals surface area contributed by atoms with E-state index >= 15 is 0 Å². The Morgan fingerprint density at radius 3 is 2.29 bits per heavy atom. The molecule has 3 amide bonds. The largest absolute Gasteiger partial charge is 0.481 e. The summed E-state index contributed by atoms with van der Waals surface area (Å²) in [6, 6.07) is 0.0755. The van der Waals surface area contributed by atoms with E-state index in [1.54, 1.807) is 6.92 Å². The Kier molecular flexibility index (Phi) is 6.13. The van der Waals surface area contributed by atoms with Gasteiger partial charge < -0.3 is 20.6 Å². The highest BCUT2D eigenvalue weighted by Crippen LogP contribution is 2.27. The Bertz CT molecular complexity index is 434. The molecule has 8 heteroatoms. The van der Waals surface area contributed by atoms with Crippen molar-refractivity contribution in [3.05, 3.63) is 0 Å². The second kappa shape index (κ2) is 7.61. The Hall–Kier alpha value is -2.12. The van der Waals surface area contributed by atoms with Gasteiger partial charge in [-0.1, -0.05) is 6.92 Å². The lowest BCUT2D eigenvalue weighted by Gasteiger charge is -2.24. The molecule has 0 aromatic carbocycles. The lowest BCUT2D eigenvalue weighted by molar-refractivity contribution is -0.143. The predicted octanol–water partition coefficient (Wildman–Crippen LogP) is -1.05. The molecule has 1 unspecified atom stereocenters. The maximum atomic E-state index is 12.1. The SMILES string of the molecule is CC(=O)NCC(=O)NCC(=O)N(CC(C)C(=O)O)C1CC1. The molecule has 0 radical (unpaired) electrons. The fourth-order valence-electron chi connectivity index (χ4n) is 1.76. The summed E-state index contributed by atoms with van der Waals surface area (Å²) in [4.78, 5) is 46.5. The van der Waals surface area contributed by atoms with Crippen LogP contribution in [0.4, 0.5) is 0 Å². The molecule has 1 rings (SSSR count). The Labute approximate surface area is 122 Å². The highest BCUT2D eigenvalue weighted by molar-refractivity contribution is 5.88. The Morgan fingerprint density at radius 1 is 1.19 bits per heavy atom. The number of carbonyl (C=O) groups is 4. The Balaban J connectivity index is 2.41. The molecule has 8 nitrogen and oxygen atoms in total. The molecule has 1 aliphatic carbocycles. The average molecular weight is 299 g/mol. The van der Waals surface area contributed by atoms with Crippen LogP contribution in [0.2, 0.25) is 0 Å². The van der Waals surface area contributed by atoms with Crippen molar-refractivity contribution in [2.24, 2.45) is 5.92 Å². The van der Waals surface area contributed by atoms with Crippen LogP contribution in [0, 0.1) is 5.92 Å². The minimum absolute atomic E-state index is 0.0755. The fraction of sp³-hybridized carbons (Fsp3) is 0.692. The molecule has 118 valence electrons. The third-order valence-corrected chi connectivity index (χ3v) is 3.13. The molecule has 0 aromatic heterocycles. The van der Waals surface area contributed by atoms with E-state index in [2.05, 4.69) is 10.6 Å². The number of rotatable bonds is 8. The number of carboxylic acids is 1. The first-order valence-corrected chi connectivity index (χ1v) is 6.84. The van der Waals surface area contributed by atoms with E-state index in [9.17, 15) is 19.2 Å². The van der Waals surface area contributed by atoms with Crippen LogP contribution in [0.5, 0.6) is 0 Å². The van der Waals surface area contributed by atoms with Gasteiger partial charge in [0.15, 0.2) is 0 Å². The fourth-order valence-corrected chi connectivity index (χ4v) is 1.76. The number of amides is 3. The highest BCUT2D eigenvalue weighted by Gasteiger charge is 2.34. The van der Waals surface area contributed by atoms with Gasteiger partial charge in [0.05, 0.1) is 19.0 Å². The molecular weight excluding hydrogens is 278 g/mol. The molecule has 0 aliphatic heterocycles. The van der Waals surface area contributed by atoms with Crippen LogP contribution in [0.15, 0.2) is 0 Å². The number of hydrogen-bond acceptors (Lipinski definition) is 4. The van der Waals surface area contributed by atoms with Gasteiger partial charge in [0.1, 0.15) is 0 Å². The summed E-state index contributed by atoms with van der Waals surface area (Å²) in [7, 11) is 0. The van der Waals surface area contributed by atoms with Crippen molar-refractivity contribution in [2.45, 2.75) is 32.7 Å². The molecule has 1 atom stereocenters. The summed E-state index contributed by atoms with van der Waals surface area (Å²) in [6.07, 6.45) is 1.72. The van der Waals surface area contributed by atoms with Crippen molar-refractivity contribution in [2.75, 3.05) is 19.6 Å². The zero-order valence-electron chi connectivity index (χ0n) is 12.2. The van der Waals surface area contributed by atoms with Crippen LogP contribution >= 0.6 is 0 Å². The maximum Gasteiger partial charge on any atom is 0.308 e. The van der Waals surface area contributed by atoms with Crippen molar-refractivity contribution in [3.8, 4) is 0 Å². The second-order valence-electron chi connectivity index (χ2n) is 5.20. The summed E-state index contributed by atoms with van der Waals surface area (Å²) in [5, 5.41) is 13.6. The zero-order chi connectivity index (χ0) is 16.0. The van der Waals surface area contributed by atoms with E-state index in [1.165, 1.54) is 11.8 Å². The van der Waals surface area contributed by atoms with Gasteiger partial charge in [-0.3, -0.25) is 19.2 Å². The number of nitrogens with zero attached hydrogens (tertiary/aromatic N) is 1. The molecule has 1 aliphatic rings. The van der Waals surface area contributed by atoms with E-state index in [1.807, 2.05) is 0 Å². The van der Waals surface area contributed by atoms with Crippen LogP contribution in [0.25, 0.3) is 0 Å². The average Bonchev–Trinajstić information content (AvgIpc) is 3.23. The molecule has 3 N–H and O–H groups in total. The summed E-state index contributed by atoms with van der Waals surface area (Å²) in [5.41, 5.74) is 0. The van der Waals surface area contributed by atoms with Gasteiger partial charge in [-0.15, -0.1) is 0 Å². The van der Waals surface area contributed by atoms with E-state index < -0.39 is 17.8 Å². The maximum absolute atomic E-state index is 12.1. The molecule has 0 heterocycles. The number of aliphatic carboxylic acids is 1. The molecule has 0 bridgehead atoms. The predicted molar refractivity (Wildman–Crippen MR) is 73.2 cm³/mol. The highest BCUT2D eigenvalue weighted by atomic mass is 16.4. The van der Waals surface area contributed by atoms with Gasteiger partial charge in [0, 0.05) is 19.5 Å². The van der Waals surface area contributed by atoms with Crippen molar-refractivity contribution >= 4 is 23.7 Å². The molecular formula is C13H21N3O5. The third-order valence-electron chi connectivity index (χ3n) is 3.13. The molecule has 1 saturated carbocycles. The van der Waals surface area contributed by atoms with Crippen molar-refractivity contribution in [1.82, 2.24) is 15.5 Å². The van der Waals surface area contributed by atoms with Crippen molar-refractivity contribution < 1.29 is 24.3 Å². The van der Waals surface area contributed by atoms with Crippen LogP contribution < -0.4 is 10.6 Å². The van der Waals surface area contributed by atoms with Gasteiger partial charge in [0.25, 0.3) is 0 Å². The normalized spacial score (nSPS) is 15.0. The van der Waals surface area contributed by atoms with Crippen LogP contribution in [0.1, 0.15) is 26.7 Å². The lowest BCUT2D eigenvalue weighted by atomic mass is 10.1. The van der Waals surface area contributed by atoms with E-state index in [0.29, 0.717) is 0 Å². The topological polar surface area (TPSA) is 116 Å². The summed E-state index contributed by atoms with van der Waals surface area (Å²) in [6.45, 7) is 2.60. The van der Waals surface area contributed by atoms with Gasteiger partial charge in [0.2, 0.25) is 17.7 Å². The molecule has 0 spiro atoms. The summed E-state index contributed by atoms with van der Waals surface area (Å²) >= 11 is 0. The minimum atomic E-state index is -0.955. The number of carboxylic acid groups (broad SMARTS) is 1. The van der Waals surface area contributed by atoms with Crippen molar-refractivity contribution in [3.63, 3.8) is 0 Å². The first-order valence-electron chi connectivity index (χ1n) is 6.84. The zero-order valence-corrected chi connectivity index (χ0v) is 12.2. The molecule has 21 heavy (non-hydrogen) atoms. The van der Waals surface area contributed by atoms with E-state index in [0.717, 1.165) is 12.8 Å². The standard InChI is InChI=1S/C13H21N3O5/c1-8(13(20)21)7-16(10-3-4-10)12(19)6-15-11(18)5-14-9(2)17/h8,10H,3-7H2,1-2H3,(H,14,17)(H,15,18)(H,20,21).